The van der Waals surface area contributed by atoms with Gasteiger partial charge in [-0.2, -0.15) is 0 Å². The van der Waals surface area contributed by atoms with Crippen molar-refractivity contribution in [3.63, 3.8) is 0 Å². The Hall–Kier alpha value is -1.08. The minimum Gasteiger partial charge on any atom is -0.396 e. The molecule has 70 valence electrons. The summed E-state index contributed by atoms with van der Waals surface area (Å²) in [6.45, 7) is 8.25. The van der Waals surface area contributed by atoms with Crippen LogP contribution in [0.15, 0.2) is 24.8 Å². The fourth-order valence-electron chi connectivity index (χ4n) is 1.46. The molecule has 0 spiro atoms. The summed E-state index contributed by atoms with van der Waals surface area (Å²) in [6.07, 6.45) is 0.656. The zero-order valence-corrected chi connectivity index (χ0v) is 8.30. The molecular weight excluding hydrogens is 160 g/mol. The average Bonchev–Trinajstić information content (AvgIpc) is 2.03. The second-order valence-corrected chi connectivity index (χ2v) is 3.45. The fraction of sp³-hybridized carbons (Fsp3) is 0.333. The molecule has 1 nitrogen and oxygen atoms in total. The predicted octanol–water partition coefficient (Wildman–Crippen LogP) is 2.70. The second kappa shape index (κ2) is 4.24. The number of aliphatic hydroxyl groups excluding tert-OH is 1. The average molecular weight is 176 g/mol. The van der Waals surface area contributed by atoms with Gasteiger partial charge in [-0.15, -0.1) is 0 Å². The van der Waals surface area contributed by atoms with Crippen molar-refractivity contribution < 1.29 is 5.11 Å². The Morgan fingerprint density at radius 3 is 2.23 bits per heavy atom. The minimum absolute atomic E-state index is 0.172. The van der Waals surface area contributed by atoms with Crippen molar-refractivity contribution in [2.24, 2.45) is 0 Å². The highest BCUT2D eigenvalue weighted by molar-refractivity contribution is 5.64. The molecule has 0 bridgehead atoms. The van der Waals surface area contributed by atoms with Crippen molar-refractivity contribution in [3.05, 3.63) is 41.5 Å². The molecule has 0 amide bonds. The number of rotatable bonds is 3. The Bertz CT molecular complexity index is 293. The summed E-state index contributed by atoms with van der Waals surface area (Å²) in [6, 6.07) is 6.34. The number of hydrogen-bond donors (Lipinski definition) is 1. The Kier molecular flexibility index (Phi) is 3.26. The van der Waals surface area contributed by atoms with E-state index in [1.807, 2.05) is 0 Å². The molecule has 0 radical (unpaired) electrons. The lowest BCUT2D eigenvalue weighted by Crippen LogP contribution is -1.89. The van der Waals surface area contributed by atoms with Crippen LogP contribution in [0.2, 0.25) is 0 Å². The van der Waals surface area contributed by atoms with E-state index < -0.39 is 0 Å². The Morgan fingerprint density at radius 1 is 1.23 bits per heavy atom. The van der Waals surface area contributed by atoms with Crippen LogP contribution in [0.4, 0.5) is 0 Å². The van der Waals surface area contributed by atoms with Crippen molar-refractivity contribution in [3.8, 4) is 0 Å². The van der Waals surface area contributed by atoms with Crippen LogP contribution in [-0.4, -0.2) is 11.7 Å². The summed E-state index contributed by atoms with van der Waals surface area (Å²) in [7, 11) is 0. The molecule has 0 saturated carbocycles. The van der Waals surface area contributed by atoms with Crippen LogP contribution in [0.1, 0.15) is 23.1 Å². The third-order valence-electron chi connectivity index (χ3n) is 2.04. The standard InChI is InChI=1S/C12H16O/c1-9-6-10(2)8-12(7-9)11(3)4-5-13/h6-8,13H,3-5H2,1-2H3. The van der Waals surface area contributed by atoms with Gasteiger partial charge in [-0.3, -0.25) is 0 Å². The maximum absolute atomic E-state index is 8.78. The third kappa shape index (κ3) is 2.71. The molecule has 0 heterocycles. The van der Waals surface area contributed by atoms with Gasteiger partial charge in [0.25, 0.3) is 0 Å². The molecule has 1 N–H and O–H groups in total. The lowest BCUT2D eigenvalue weighted by molar-refractivity contribution is 0.305. The van der Waals surface area contributed by atoms with Crippen molar-refractivity contribution in [2.45, 2.75) is 20.3 Å². The second-order valence-electron chi connectivity index (χ2n) is 3.45. The van der Waals surface area contributed by atoms with Crippen LogP contribution in [0.3, 0.4) is 0 Å². The molecule has 0 aliphatic rings. The van der Waals surface area contributed by atoms with Gasteiger partial charge in [-0.1, -0.05) is 35.9 Å². The number of benzene rings is 1. The molecule has 0 atom stereocenters. The van der Waals surface area contributed by atoms with Gasteiger partial charge in [0.05, 0.1) is 0 Å². The van der Waals surface area contributed by atoms with Gasteiger partial charge in [0.2, 0.25) is 0 Å². The van der Waals surface area contributed by atoms with E-state index in [1.165, 1.54) is 11.1 Å². The van der Waals surface area contributed by atoms with E-state index in [0.717, 1.165) is 11.1 Å². The molecule has 1 rings (SSSR count). The Labute approximate surface area is 79.7 Å². The van der Waals surface area contributed by atoms with Gasteiger partial charge in [-0.25, -0.2) is 0 Å². The summed E-state index contributed by atoms with van der Waals surface area (Å²) in [4.78, 5) is 0. The van der Waals surface area contributed by atoms with E-state index in [-0.39, 0.29) is 6.61 Å². The van der Waals surface area contributed by atoms with Crippen LogP contribution in [0.5, 0.6) is 0 Å². The van der Waals surface area contributed by atoms with Crippen molar-refractivity contribution in [1.29, 1.82) is 0 Å². The molecule has 1 heteroatoms. The Balaban J connectivity index is 2.94. The molecule has 1 aromatic carbocycles. The van der Waals surface area contributed by atoms with E-state index in [1.54, 1.807) is 0 Å². The van der Waals surface area contributed by atoms with Gasteiger partial charge in [-0.05, 0) is 31.4 Å². The SMILES string of the molecule is C=C(CCO)c1cc(C)cc(C)c1. The van der Waals surface area contributed by atoms with Gasteiger partial charge in [0, 0.05) is 6.61 Å². The number of aliphatic hydroxyl groups is 1. The topological polar surface area (TPSA) is 20.2 Å². The molecule has 0 aliphatic carbocycles. The molecule has 0 aliphatic heterocycles. The first-order valence-corrected chi connectivity index (χ1v) is 4.51. The summed E-state index contributed by atoms with van der Waals surface area (Å²) in [5, 5.41) is 8.78. The molecule has 0 fully saturated rings. The molecule has 13 heavy (non-hydrogen) atoms. The first-order valence-electron chi connectivity index (χ1n) is 4.51. The number of aryl methyl sites for hydroxylation is 2. The third-order valence-corrected chi connectivity index (χ3v) is 2.04. The van der Waals surface area contributed by atoms with Crippen molar-refractivity contribution >= 4 is 5.57 Å². The van der Waals surface area contributed by atoms with E-state index >= 15 is 0 Å². The van der Waals surface area contributed by atoms with E-state index in [0.29, 0.717) is 6.42 Å². The zero-order chi connectivity index (χ0) is 9.84. The summed E-state index contributed by atoms with van der Waals surface area (Å²) < 4.78 is 0. The van der Waals surface area contributed by atoms with Gasteiger partial charge in [0.15, 0.2) is 0 Å². The number of hydrogen-bond acceptors (Lipinski definition) is 1. The highest BCUT2D eigenvalue weighted by atomic mass is 16.2. The highest BCUT2D eigenvalue weighted by Gasteiger charge is 1.99. The van der Waals surface area contributed by atoms with Crippen molar-refractivity contribution in [2.75, 3.05) is 6.61 Å². The molecule has 0 aromatic heterocycles. The lowest BCUT2D eigenvalue weighted by atomic mass is 10.0. The largest absolute Gasteiger partial charge is 0.396 e. The van der Waals surface area contributed by atoms with E-state index in [9.17, 15) is 0 Å². The first-order chi connectivity index (χ1) is 6.13. The quantitative estimate of drug-likeness (QED) is 0.750. The maximum Gasteiger partial charge on any atom is 0.0471 e. The van der Waals surface area contributed by atoms with Gasteiger partial charge >= 0.3 is 0 Å². The van der Waals surface area contributed by atoms with Crippen LogP contribution in [-0.2, 0) is 0 Å². The molecular formula is C12H16O. The lowest BCUT2D eigenvalue weighted by Gasteiger charge is -2.06. The Morgan fingerprint density at radius 2 is 1.77 bits per heavy atom. The van der Waals surface area contributed by atoms with Crippen LogP contribution < -0.4 is 0 Å². The van der Waals surface area contributed by atoms with E-state index in [4.69, 9.17) is 5.11 Å². The van der Waals surface area contributed by atoms with Gasteiger partial charge in [0.1, 0.15) is 0 Å². The van der Waals surface area contributed by atoms with Crippen LogP contribution >= 0.6 is 0 Å². The molecule has 0 saturated heterocycles. The smallest absolute Gasteiger partial charge is 0.0471 e. The maximum atomic E-state index is 8.78. The monoisotopic (exact) mass is 176 g/mol. The first kappa shape index (κ1) is 10.0. The normalized spacial score (nSPS) is 10.1. The van der Waals surface area contributed by atoms with E-state index in [2.05, 4.69) is 38.6 Å². The predicted molar refractivity (Wildman–Crippen MR) is 56.7 cm³/mol. The molecule has 1 aromatic rings. The zero-order valence-electron chi connectivity index (χ0n) is 8.30. The summed E-state index contributed by atoms with van der Waals surface area (Å²) in [5.41, 5.74) is 4.64. The van der Waals surface area contributed by atoms with Crippen molar-refractivity contribution in [1.82, 2.24) is 0 Å². The fourth-order valence-corrected chi connectivity index (χ4v) is 1.46. The highest BCUT2D eigenvalue weighted by Crippen LogP contribution is 2.18. The van der Waals surface area contributed by atoms with Crippen LogP contribution in [0.25, 0.3) is 5.57 Å². The van der Waals surface area contributed by atoms with Gasteiger partial charge < -0.3 is 5.11 Å². The minimum atomic E-state index is 0.172. The summed E-state index contributed by atoms with van der Waals surface area (Å²) >= 11 is 0. The van der Waals surface area contributed by atoms with Crippen LogP contribution in [0, 0.1) is 13.8 Å². The molecule has 0 unspecified atom stereocenters. The summed E-state index contributed by atoms with van der Waals surface area (Å²) in [5.74, 6) is 0.